The van der Waals surface area contributed by atoms with Gasteiger partial charge in [0.15, 0.2) is 11.3 Å². The number of ether oxygens (including phenoxy) is 2. The van der Waals surface area contributed by atoms with Gasteiger partial charge in [0.1, 0.15) is 18.1 Å². The summed E-state index contributed by atoms with van der Waals surface area (Å²) in [4.78, 5) is 17.4. The topological polar surface area (TPSA) is 95.5 Å². The van der Waals surface area contributed by atoms with E-state index in [4.69, 9.17) is 20.2 Å². The molecule has 1 atom stereocenters. The van der Waals surface area contributed by atoms with Crippen LogP contribution in [0, 0.1) is 5.95 Å². The number of nitrogens with two attached hydrogens (primary N) is 1. The number of rotatable bonds is 2. The first-order valence-electron chi connectivity index (χ1n) is 9.97. The Morgan fingerprint density at radius 1 is 0.938 bits per heavy atom. The molecule has 5 heterocycles. The van der Waals surface area contributed by atoms with Crippen molar-refractivity contribution in [3.05, 3.63) is 90.4 Å². The molecule has 156 valence electrons. The van der Waals surface area contributed by atoms with Crippen LogP contribution < -0.4 is 10.5 Å². The first kappa shape index (κ1) is 18.4. The molecule has 1 spiro atoms. The third-order valence-corrected chi connectivity index (χ3v) is 5.67. The van der Waals surface area contributed by atoms with Crippen molar-refractivity contribution in [2.45, 2.75) is 5.54 Å². The average Bonchev–Trinajstić information content (AvgIpc) is 3.22. The minimum Gasteiger partial charge on any atom is -0.462 e. The number of nitrogens with zero attached hydrogens (tertiary/aromatic N) is 4. The molecule has 0 radical (unpaired) electrons. The predicted molar refractivity (Wildman–Crippen MR) is 116 cm³/mol. The van der Waals surface area contributed by atoms with E-state index in [1.807, 2.05) is 30.3 Å². The van der Waals surface area contributed by atoms with Gasteiger partial charge in [0, 0.05) is 35.3 Å². The zero-order valence-corrected chi connectivity index (χ0v) is 16.7. The quantitative estimate of drug-likeness (QED) is 0.487. The molecule has 0 bridgehead atoms. The van der Waals surface area contributed by atoms with Crippen molar-refractivity contribution < 1.29 is 13.9 Å². The second-order valence-electron chi connectivity index (χ2n) is 7.53. The van der Waals surface area contributed by atoms with Gasteiger partial charge in [0.2, 0.25) is 5.95 Å². The minimum atomic E-state index is -1.01. The smallest absolute Gasteiger partial charge is 0.283 e. The van der Waals surface area contributed by atoms with E-state index in [-0.39, 0.29) is 12.6 Å². The van der Waals surface area contributed by atoms with Gasteiger partial charge >= 0.3 is 0 Å². The first-order valence-corrected chi connectivity index (χ1v) is 9.97. The molecule has 6 rings (SSSR count). The average molecular weight is 425 g/mol. The van der Waals surface area contributed by atoms with Crippen LogP contribution >= 0.6 is 0 Å². The zero-order chi connectivity index (χ0) is 21.7. The van der Waals surface area contributed by atoms with E-state index in [1.54, 1.807) is 36.7 Å². The fourth-order valence-electron chi connectivity index (χ4n) is 4.16. The van der Waals surface area contributed by atoms with Crippen molar-refractivity contribution >= 4 is 6.02 Å². The molecule has 32 heavy (non-hydrogen) atoms. The van der Waals surface area contributed by atoms with E-state index >= 15 is 0 Å². The van der Waals surface area contributed by atoms with Crippen LogP contribution in [0.2, 0.25) is 0 Å². The van der Waals surface area contributed by atoms with Gasteiger partial charge in [-0.15, -0.1) is 0 Å². The molecule has 2 aliphatic heterocycles. The van der Waals surface area contributed by atoms with E-state index in [1.165, 1.54) is 6.20 Å². The van der Waals surface area contributed by atoms with Crippen molar-refractivity contribution in [3.8, 4) is 33.9 Å². The Balaban J connectivity index is 1.57. The number of hydrogen-bond acceptors (Lipinski definition) is 7. The minimum absolute atomic E-state index is 0.0675. The van der Waals surface area contributed by atoms with Gasteiger partial charge in [-0.1, -0.05) is 6.07 Å². The molecule has 0 fully saturated rings. The normalized spacial score (nSPS) is 18.3. The standard InChI is InChI=1S/C24H16FN5O2/c25-22-16(2-1-9-28-22)15-3-5-19-17(12-15)24(13-31-23(26)30-24)21-20(32-19)6-4-18(29-21)14-7-10-27-11-8-14/h1-12H,13H2,(H2,26,30)/t24-/m0/s1. The number of fused-ring (bicyclic) bond motifs is 4. The maximum absolute atomic E-state index is 14.4. The SMILES string of the molecule is NC1=N[C@@]2(CO1)c1cc(-c3cccnc3F)ccc1Oc1ccc(-c3ccncc3)nc12. The summed E-state index contributed by atoms with van der Waals surface area (Å²) in [6.07, 6.45) is 4.83. The first-order chi connectivity index (χ1) is 15.6. The van der Waals surface area contributed by atoms with Gasteiger partial charge in [-0.25, -0.2) is 15.0 Å². The lowest BCUT2D eigenvalue weighted by atomic mass is 9.83. The summed E-state index contributed by atoms with van der Waals surface area (Å²) >= 11 is 0. The molecular formula is C24H16FN5O2. The van der Waals surface area contributed by atoms with E-state index < -0.39 is 11.5 Å². The van der Waals surface area contributed by atoms with Crippen LogP contribution in [0.3, 0.4) is 0 Å². The summed E-state index contributed by atoms with van der Waals surface area (Å²) in [6, 6.07) is 16.4. The lowest BCUT2D eigenvalue weighted by Gasteiger charge is -2.33. The molecule has 7 nitrogen and oxygen atoms in total. The van der Waals surface area contributed by atoms with Gasteiger partial charge in [0.25, 0.3) is 6.02 Å². The maximum atomic E-state index is 14.4. The fourth-order valence-corrected chi connectivity index (χ4v) is 4.16. The predicted octanol–water partition coefficient (Wildman–Crippen LogP) is 4.04. The molecule has 1 aromatic carbocycles. The fraction of sp³-hybridized carbons (Fsp3) is 0.0833. The third-order valence-electron chi connectivity index (χ3n) is 5.67. The van der Waals surface area contributed by atoms with E-state index in [9.17, 15) is 4.39 Å². The lowest BCUT2D eigenvalue weighted by Crippen LogP contribution is -2.32. The number of aliphatic imine (C=N–C) groups is 1. The molecule has 0 saturated carbocycles. The summed E-state index contributed by atoms with van der Waals surface area (Å²) in [5.41, 5.74) is 8.91. The molecule has 0 saturated heterocycles. The van der Waals surface area contributed by atoms with Crippen molar-refractivity contribution in [3.63, 3.8) is 0 Å². The highest BCUT2D eigenvalue weighted by molar-refractivity contribution is 5.78. The number of aromatic nitrogens is 3. The maximum Gasteiger partial charge on any atom is 0.283 e. The molecule has 2 N–H and O–H groups in total. The summed E-state index contributed by atoms with van der Waals surface area (Å²) < 4.78 is 26.2. The Morgan fingerprint density at radius 2 is 1.78 bits per heavy atom. The van der Waals surface area contributed by atoms with Gasteiger partial charge < -0.3 is 15.2 Å². The molecule has 0 aliphatic carbocycles. The van der Waals surface area contributed by atoms with Gasteiger partial charge in [-0.2, -0.15) is 4.39 Å². The number of pyridine rings is 3. The largest absolute Gasteiger partial charge is 0.462 e. The third kappa shape index (κ3) is 2.73. The number of benzene rings is 1. The Hall–Kier alpha value is -4.33. The van der Waals surface area contributed by atoms with Crippen molar-refractivity contribution in [2.75, 3.05) is 6.61 Å². The van der Waals surface area contributed by atoms with Crippen LogP contribution in [-0.2, 0) is 10.3 Å². The van der Waals surface area contributed by atoms with Crippen LogP contribution in [-0.4, -0.2) is 27.6 Å². The second kappa shape index (κ2) is 6.84. The molecule has 0 amide bonds. The monoisotopic (exact) mass is 425 g/mol. The Labute approximate surface area is 182 Å². The lowest BCUT2D eigenvalue weighted by molar-refractivity contribution is 0.260. The van der Waals surface area contributed by atoms with E-state index in [0.29, 0.717) is 33.9 Å². The highest BCUT2D eigenvalue weighted by Crippen LogP contribution is 2.51. The Bertz CT molecular complexity index is 1390. The molecule has 8 heteroatoms. The molecular weight excluding hydrogens is 409 g/mol. The summed E-state index contributed by atoms with van der Waals surface area (Å²) in [7, 11) is 0. The van der Waals surface area contributed by atoms with Crippen LogP contribution in [0.5, 0.6) is 11.5 Å². The molecule has 0 unspecified atom stereocenters. The number of amidine groups is 1. The molecule has 2 aliphatic rings. The van der Waals surface area contributed by atoms with Crippen molar-refractivity contribution in [2.24, 2.45) is 10.7 Å². The van der Waals surface area contributed by atoms with Crippen LogP contribution in [0.15, 0.2) is 78.2 Å². The molecule has 3 aromatic heterocycles. The van der Waals surface area contributed by atoms with Gasteiger partial charge in [-0.3, -0.25) is 4.98 Å². The van der Waals surface area contributed by atoms with E-state index in [0.717, 1.165) is 11.3 Å². The summed E-state index contributed by atoms with van der Waals surface area (Å²) in [6.45, 7) is 0.161. The van der Waals surface area contributed by atoms with Gasteiger partial charge in [-0.05, 0) is 54.1 Å². The van der Waals surface area contributed by atoms with E-state index in [2.05, 4.69) is 15.0 Å². The van der Waals surface area contributed by atoms with Crippen LogP contribution in [0.25, 0.3) is 22.4 Å². The Kier molecular flexibility index (Phi) is 3.94. The van der Waals surface area contributed by atoms with Crippen LogP contribution in [0.1, 0.15) is 11.3 Å². The van der Waals surface area contributed by atoms with Crippen LogP contribution in [0.4, 0.5) is 4.39 Å². The highest BCUT2D eigenvalue weighted by Gasteiger charge is 2.48. The number of hydrogen-bond donors (Lipinski definition) is 1. The zero-order valence-electron chi connectivity index (χ0n) is 16.7. The Morgan fingerprint density at radius 3 is 2.56 bits per heavy atom. The van der Waals surface area contributed by atoms with Gasteiger partial charge in [0.05, 0.1) is 5.69 Å². The second-order valence-corrected chi connectivity index (χ2v) is 7.53. The van der Waals surface area contributed by atoms with Crippen molar-refractivity contribution in [1.29, 1.82) is 0 Å². The summed E-state index contributed by atoms with van der Waals surface area (Å²) in [5.74, 6) is 0.603. The van der Waals surface area contributed by atoms with Crippen molar-refractivity contribution in [1.82, 2.24) is 15.0 Å². The highest BCUT2D eigenvalue weighted by atomic mass is 19.1. The summed E-state index contributed by atoms with van der Waals surface area (Å²) in [5, 5.41) is 0. The molecule has 4 aromatic rings. The number of halogens is 1.